The average molecular weight is 323 g/mol. The monoisotopic (exact) mass is 323 g/mol. The molecule has 2 atom stereocenters. The molecule has 0 bridgehead atoms. The number of hydrogen-bond donors (Lipinski definition) is 2. The lowest BCUT2D eigenvalue weighted by Gasteiger charge is -2.18. The zero-order valence-electron chi connectivity index (χ0n) is 14.4. The Morgan fingerprint density at radius 2 is 2.35 bits per heavy atom. The maximum absolute atomic E-state index is 12.6. The van der Waals surface area contributed by atoms with E-state index in [1.807, 2.05) is 7.05 Å². The van der Waals surface area contributed by atoms with Gasteiger partial charge >= 0.3 is 0 Å². The summed E-state index contributed by atoms with van der Waals surface area (Å²) in [6.45, 7) is 6.43. The molecule has 0 spiro atoms. The Hall–Kier alpha value is -1.40. The van der Waals surface area contributed by atoms with Gasteiger partial charge in [-0.25, -0.2) is 0 Å². The third-order valence-electron chi connectivity index (χ3n) is 4.31. The molecule has 1 fully saturated rings. The molecule has 0 aliphatic carbocycles. The molecule has 1 saturated heterocycles. The number of nitrogens with one attached hydrogen (secondary N) is 1. The number of amides is 1. The molecule has 130 valence electrons. The molecule has 0 aromatic carbocycles. The van der Waals surface area contributed by atoms with Gasteiger partial charge in [-0.2, -0.15) is 5.10 Å². The summed E-state index contributed by atoms with van der Waals surface area (Å²) in [5.41, 5.74) is 1.49. The van der Waals surface area contributed by atoms with E-state index in [1.54, 1.807) is 10.9 Å². The molecule has 23 heavy (non-hydrogen) atoms. The van der Waals surface area contributed by atoms with E-state index in [2.05, 4.69) is 24.3 Å². The van der Waals surface area contributed by atoms with Crippen molar-refractivity contribution in [2.75, 3.05) is 26.4 Å². The molecule has 1 aliphatic heterocycles. The highest BCUT2D eigenvalue weighted by molar-refractivity contribution is 5.95. The van der Waals surface area contributed by atoms with Gasteiger partial charge in [0.15, 0.2) is 0 Å². The third-order valence-corrected chi connectivity index (χ3v) is 4.31. The minimum Gasteiger partial charge on any atom is -0.396 e. The van der Waals surface area contributed by atoms with Gasteiger partial charge < -0.3 is 15.2 Å². The van der Waals surface area contributed by atoms with Crippen molar-refractivity contribution in [1.82, 2.24) is 15.1 Å². The summed E-state index contributed by atoms with van der Waals surface area (Å²) in [6, 6.07) is 0. The summed E-state index contributed by atoms with van der Waals surface area (Å²) in [7, 11) is 1.84. The van der Waals surface area contributed by atoms with Gasteiger partial charge in [-0.3, -0.25) is 9.48 Å². The Kier molecular flexibility index (Phi) is 6.59. The van der Waals surface area contributed by atoms with Crippen molar-refractivity contribution < 1.29 is 14.6 Å². The number of aryl methyl sites for hydroxylation is 1. The lowest BCUT2D eigenvalue weighted by atomic mass is 9.94. The minimum atomic E-state index is -0.0771. The van der Waals surface area contributed by atoms with Gasteiger partial charge in [0.05, 0.1) is 17.9 Å². The molecule has 0 saturated carbocycles. The second-order valence-corrected chi connectivity index (χ2v) is 6.88. The van der Waals surface area contributed by atoms with Crippen LogP contribution in [0.4, 0.5) is 0 Å². The van der Waals surface area contributed by atoms with Crippen LogP contribution in [-0.4, -0.2) is 47.2 Å². The number of rotatable bonds is 8. The molecule has 1 aromatic rings. The second kappa shape index (κ2) is 8.45. The first-order valence-electron chi connectivity index (χ1n) is 8.51. The second-order valence-electron chi connectivity index (χ2n) is 6.88. The number of ether oxygens (including phenoxy) is 1. The fourth-order valence-corrected chi connectivity index (χ4v) is 3.22. The van der Waals surface area contributed by atoms with Crippen LogP contribution < -0.4 is 5.32 Å². The highest BCUT2D eigenvalue weighted by Gasteiger charge is 2.26. The molecule has 2 N–H and O–H groups in total. The van der Waals surface area contributed by atoms with Gasteiger partial charge in [0.1, 0.15) is 0 Å². The first kappa shape index (κ1) is 17.9. The van der Waals surface area contributed by atoms with Crippen molar-refractivity contribution in [1.29, 1.82) is 0 Å². The van der Waals surface area contributed by atoms with E-state index in [1.165, 1.54) is 0 Å². The van der Waals surface area contributed by atoms with E-state index < -0.39 is 0 Å². The predicted octanol–water partition coefficient (Wildman–Crippen LogP) is 1.70. The molecule has 1 aromatic heterocycles. The van der Waals surface area contributed by atoms with Crippen molar-refractivity contribution in [3.8, 4) is 0 Å². The highest BCUT2D eigenvalue weighted by Crippen LogP contribution is 2.26. The van der Waals surface area contributed by atoms with E-state index in [0.717, 1.165) is 31.6 Å². The van der Waals surface area contributed by atoms with Gasteiger partial charge in [-0.05, 0) is 31.1 Å². The normalized spacial score (nSPS) is 19.3. The summed E-state index contributed by atoms with van der Waals surface area (Å²) in [5.74, 6) is 0.986. The summed E-state index contributed by atoms with van der Waals surface area (Å²) in [4.78, 5) is 12.6. The lowest BCUT2D eigenvalue weighted by Crippen LogP contribution is -2.31. The maximum Gasteiger partial charge on any atom is 0.254 e. The van der Waals surface area contributed by atoms with Crippen molar-refractivity contribution in [3.05, 3.63) is 17.5 Å². The predicted molar refractivity (Wildman–Crippen MR) is 88.4 cm³/mol. The van der Waals surface area contributed by atoms with Crippen LogP contribution in [0.25, 0.3) is 0 Å². The Bertz CT molecular complexity index is 507. The van der Waals surface area contributed by atoms with E-state index in [4.69, 9.17) is 4.74 Å². The molecule has 6 heteroatoms. The number of aliphatic hydroxyl groups excluding tert-OH is 1. The molecule has 0 radical (unpaired) electrons. The van der Waals surface area contributed by atoms with Crippen molar-refractivity contribution in [3.63, 3.8) is 0 Å². The van der Waals surface area contributed by atoms with Crippen LogP contribution in [0.15, 0.2) is 6.20 Å². The average Bonchev–Trinajstić information content (AvgIpc) is 3.13. The number of aliphatic hydroxyl groups is 1. The SMILES string of the molecule is CC(C)CC(CCO)CNC(=O)c1cn(C)nc1C1CCOC1. The van der Waals surface area contributed by atoms with E-state index in [0.29, 0.717) is 30.6 Å². The Morgan fingerprint density at radius 3 is 2.96 bits per heavy atom. The molecular weight excluding hydrogens is 294 g/mol. The van der Waals surface area contributed by atoms with Crippen LogP contribution in [0.2, 0.25) is 0 Å². The Labute approximate surface area is 138 Å². The Morgan fingerprint density at radius 1 is 1.57 bits per heavy atom. The van der Waals surface area contributed by atoms with Crippen molar-refractivity contribution in [2.45, 2.75) is 39.0 Å². The van der Waals surface area contributed by atoms with Crippen LogP contribution in [0.3, 0.4) is 0 Å². The van der Waals surface area contributed by atoms with Gasteiger partial charge in [0.2, 0.25) is 0 Å². The zero-order valence-corrected chi connectivity index (χ0v) is 14.4. The van der Waals surface area contributed by atoms with Crippen LogP contribution in [0.5, 0.6) is 0 Å². The molecule has 2 rings (SSSR count). The number of hydrogen-bond acceptors (Lipinski definition) is 4. The van der Waals surface area contributed by atoms with Gasteiger partial charge in [0.25, 0.3) is 5.91 Å². The smallest absolute Gasteiger partial charge is 0.254 e. The highest BCUT2D eigenvalue weighted by atomic mass is 16.5. The molecule has 1 aliphatic rings. The fraction of sp³-hybridized carbons (Fsp3) is 0.765. The van der Waals surface area contributed by atoms with E-state index >= 15 is 0 Å². The zero-order chi connectivity index (χ0) is 16.8. The minimum absolute atomic E-state index is 0.0771. The van der Waals surface area contributed by atoms with Crippen LogP contribution in [-0.2, 0) is 11.8 Å². The van der Waals surface area contributed by atoms with Crippen molar-refractivity contribution in [2.24, 2.45) is 18.9 Å². The topological polar surface area (TPSA) is 76.4 Å². The largest absolute Gasteiger partial charge is 0.396 e. The molecule has 6 nitrogen and oxygen atoms in total. The van der Waals surface area contributed by atoms with Crippen LogP contribution in [0.1, 0.15) is 55.1 Å². The quantitative estimate of drug-likeness (QED) is 0.763. The van der Waals surface area contributed by atoms with Gasteiger partial charge in [0, 0.05) is 38.9 Å². The maximum atomic E-state index is 12.6. The summed E-state index contributed by atoms with van der Waals surface area (Å²) >= 11 is 0. The molecular formula is C17H29N3O3. The number of carbonyl (C=O) groups excluding carboxylic acids is 1. The van der Waals surface area contributed by atoms with E-state index in [9.17, 15) is 9.90 Å². The number of carbonyl (C=O) groups is 1. The van der Waals surface area contributed by atoms with Crippen molar-refractivity contribution >= 4 is 5.91 Å². The first-order valence-corrected chi connectivity index (χ1v) is 8.51. The third kappa shape index (κ3) is 5.04. The molecule has 2 heterocycles. The summed E-state index contributed by atoms with van der Waals surface area (Å²) < 4.78 is 7.12. The lowest BCUT2D eigenvalue weighted by molar-refractivity contribution is 0.0939. The standard InChI is InChI=1S/C17H29N3O3/c1-12(2)8-13(4-6-21)9-18-17(22)15-10-20(3)19-16(15)14-5-7-23-11-14/h10,12-14,21H,4-9,11H2,1-3H3,(H,18,22). The molecule has 1 amide bonds. The van der Waals surface area contributed by atoms with Gasteiger partial charge in [-0.1, -0.05) is 13.8 Å². The van der Waals surface area contributed by atoms with Crippen LogP contribution >= 0.6 is 0 Å². The summed E-state index contributed by atoms with van der Waals surface area (Å²) in [6.07, 6.45) is 4.41. The number of nitrogens with zero attached hydrogens (tertiary/aromatic N) is 2. The first-order chi connectivity index (χ1) is 11.0. The summed E-state index contributed by atoms with van der Waals surface area (Å²) in [5, 5.41) is 16.7. The van der Waals surface area contributed by atoms with Crippen LogP contribution in [0, 0.1) is 11.8 Å². The Balaban J connectivity index is 1.99. The molecule has 2 unspecified atom stereocenters. The van der Waals surface area contributed by atoms with Gasteiger partial charge in [-0.15, -0.1) is 0 Å². The van der Waals surface area contributed by atoms with E-state index in [-0.39, 0.29) is 18.4 Å². The fourth-order valence-electron chi connectivity index (χ4n) is 3.22. The number of aromatic nitrogens is 2.